The van der Waals surface area contributed by atoms with E-state index >= 15 is 0 Å². The van der Waals surface area contributed by atoms with Gasteiger partial charge in [0.25, 0.3) is 0 Å². The zero-order valence-electron chi connectivity index (χ0n) is 8.80. The van der Waals surface area contributed by atoms with Gasteiger partial charge >= 0.3 is 0 Å². The predicted octanol–water partition coefficient (Wildman–Crippen LogP) is 3.85. The topological polar surface area (TPSA) is 0 Å². The fraction of sp³-hybridized carbons (Fsp3) is 0.385. The van der Waals surface area contributed by atoms with Crippen molar-refractivity contribution in [2.24, 2.45) is 0 Å². The largest absolute Gasteiger partial charge is 0.102 e. The molecule has 70 valence electrons. The van der Waals surface area contributed by atoms with Gasteiger partial charge in [-0.05, 0) is 36.0 Å². The molecule has 0 nitrogen and oxygen atoms in total. The van der Waals surface area contributed by atoms with Gasteiger partial charge in [-0.1, -0.05) is 38.1 Å². The zero-order valence-corrected chi connectivity index (χ0v) is 8.80. The Kier molecular flexibility index (Phi) is 3.30. The Labute approximate surface area is 81.3 Å². The van der Waals surface area contributed by atoms with Gasteiger partial charge in [0.2, 0.25) is 0 Å². The third kappa shape index (κ3) is 2.21. The molecule has 0 heteroatoms. The molecule has 0 N–H and O–H groups in total. The molecule has 13 heavy (non-hydrogen) atoms. The number of hydrogen-bond acceptors (Lipinski definition) is 0. The van der Waals surface area contributed by atoms with Crippen LogP contribution in [-0.2, 0) is 6.42 Å². The second kappa shape index (κ2) is 4.27. The third-order valence-corrected chi connectivity index (χ3v) is 2.63. The Morgan fingerprint density at radius 1 is 1.46 bits per heavy atom. The van der Waals surface area contributed by atoms with Crippen LogP contribution in [0.5, 0.6) is 0 Å². The molecule has 0 heterocycles. The highest BCUT2D eigenvalue weighted by molar-refractivity contribution is 5.33. The van der Waals surface area contributed by atoms with Crippen LogP contribution in [0.4, 0.5) is 0 Å². The van der Waals surface area contributed by atoms with Gasteiger partial charge in [-0.2, -0.15) is 0 Å². The third-order valence-electron chi connectivity index (χ3n) is 2.63. The molecule has 1 rings (SSSR count). The van der Waals surface area contributed by atoms with Gasteiger partial charge in [0.1, 0.15) is 0 Å². The second-order valence-corrected chi connectivity index (χ2v) is 3.56. The molecule has 0 saturated carbocycles. The van der Waals surface area contributed by atoms with E-state index in [1.54, 1.807) is 0 Å². The lowest BCUT2D eigenvalue weighted by Crippen LogP contribution is -1.92. The fourth-order valence-electron chi connectivity index (χ4n) is 1.54. The summed E-state index contributed by atoms with van der Waals surface area (Å²) in [5.74, 6) is 0.463. The highest BCUT2D eigenvalue weighted by Crippen LogP contribution is 2.19. The smallest absolute Gasteiger partial charge is 0.00130 e. The quantitative estimate of drug-likeness (QED) is 0.611. The molecule has 0 fully saturated rings. The summed E-state index contributed by atoms with van der Waals surface area (Å²) in [6, 6.07) is 6.70. The van der Waals surface area contributed by atoms with Crippen LogP contribution in [0.15, 0.2) is 30.9 Å². The predicted molar refractivity (Wildman–Crippen MR) is 59.2 cm³/mol. The van der Waals surface area contributed by atoms with E-state index < -0.39 is 0 Å². The van der Waals surface area contributed by atoms with Gasteiger partial charge in [-0.15, -0.1) is 6.58 Å². The lowest BCUT2D eigenvalue weighted by Gasteiger charge is -2.09. The molecule has 0 aliphatic heterocycles. The number of benzene rings is 1. The molecular weight excluding hydrogens is 156 g/mol. The van der Waals surface area contributed by atoms with E-state index in [-0.39, 0.29) is 0 Å². The summed E-state index contributed by atoms with van der Waals surface area (Å²) in [6.45, 7) is 10.4. The Morgan fingerprint density at radius 2 is 2.15 bits per heavy atom. The average molecular weight is 174 g/mol. The summed E-state index contributed by atoms with van der Waals surface area (Å²) in [5, 5.41) is 0. The Bertz CT molecular complexity index is 297. The van der Waals surface area contributed by atoms with Crippen LogP contribution in [0.3, 0.4) is 0 Å². The second-order valence-electron chi connectivity index (χ2n) is 3.56. The van der Waals surface area contributed by atoms with Crippen molar-refractivity contribution in [1.82, 2.24) is 0 Å². The molecule has 0 bridgehead atoms. The SMILES string of the molecule is C=CC(C)c1ccc(CC)c(C)c1. The Balaban J connectivity index is 3.02. The normalized spacial score (nSPS) is 12.5. The van der Waals surface area contributed by atoms with Gasteiger partial charge in [0.05, 0.1) is 0 Å². The summed E-state index contributed by atoms with van der Waals surface area (Å²) in [4.78, 5) is 0. The van der Waals surface area contributed by atoms with Gasteiger partial charge in [-0.25, -0.2) is 0 Å². The van der Waals surface area contributed by atoms with E-state index in [4.69, 9.17) is 0 Å². The number of rotatable bonds is 3. The first-order valence-electron chi connectivity index (χ1n) is 4.91. The van der Waals surface area contributed by atoms with E-state index in [2.05, 4.69) is 45.5 Å². The summed E-state index contributed by atoms with van der Waals surface area (Å²) < 4.78 is 0. The van der Waals surface area contributed by atoms with E-state index in [0.717, 1.165) is 6.42 Å². The average Bonchev–Trinajstić information content (AvgIpc) is 2.16. The number of aryl methyl sites for hydroxylation is 2. The van der Waals surface area contributed by atoms with Crippen LogP contribution < -0.4 is 0 Å². The van der Waals surface area contributed by atoms with Gasteiger partial charge in [-0.3, -0.25) is 0 Å². The van der Waals surface area contributed by atoms with E-state index in [1.807, 2.05) is 6.08 Å². The summed E-state index contributed by atoms with van der Waals surface area (Å²) in [6.07, 6.45) is 3.11. The maximum atomic E-state index is 3.81. The van der Waals surface area contributed by atoms with Crippen molar-refractivity contribution < 1.29 is 0 Å². The zero-order chi connectivity index (χ0) is 9.84. The van der Waals surface area contributed by atoms with E-state index in [0.29, 0.717) is 5.92 Å². The molecule has 0 aliphatic carbocycles. The van der Waals surface area contributed by atoms with Crippen LogP contribution in [0.2, 0.25) is 0 Å². The Hall–Kier alpha value is -1.04. The molecule has 0 aliphatic rings. The standard InChI is InChI=1S/C13H18/c1-5-10(3)13-8-7-12(6-2)11(4)9-13/h5,7-10H,1,6H2,2-4H3. The van der Waals surface area contributed by atoms with Crippen molar-refractivity contribution in [1.29, 1.82) is 0 Å². The first-order valence-corrected chi connectivity index (χ1v) is 4.91. The van der Waals surface area contributed by atoms with Crippen molar-refractivity contribution in [2.45, 2.75) is 33.1 Å². The lowest BCUT2D eigenvalue weighted by atomic mass is 9.96. The minimum Gasteiger partial charge on any atom is -0.102 e. The summed E-state index contributed by atoms with van der Waals surface area (Å²) >= 11 is 0. The van der Waals surface area contributed by atoms with Gasteiger partial charge in [0, 0.05) is 0 Å². The van der Waals surface area contributed by atoms with Crippen LogP contribution >= 0.6 is 0 Å². The highest BCUT2D eigenvalue weighted by Gasteiger charge is 2.02. The van der Waals surface area contributed by atoms with Crippen LogP contribution in [0, 0.1) is 6.92 Å². The number of allylic oxidation sites excluding steroid dienone is 1. The molecule has 0 radical (unpaired) electrons. The first kappa shape index (κ1) is 10.0. The lowest BCUT2D eigenvalue weighted by molar-refractivity contribution is 0.960. The number of hydrogen-bond donors (Lipinski definition) is 0. The van der Waals surface area contributed by atoms with Crippen LogP contribution in [-0.4, -0.2) is 0 Å². The Morgan fingerprint density at radius 3 is 2.62 bits per heavy atom. The molecule has 0 amide bonds. The minimum atomic E-state index is 0.463. The maximum absolute atomic E-state index is 3.81. The van der Waals surface area contributed by atoms with Crippen LogP contribution in [0.1, 0.15) is 36.5 Å². The monoisotopic (exact) mass is 174 g/mol. The molecule has 1 aromatic rings. The van der Waals surface area contributed by atoms with Crippen LogP contribution in [0.25, 0.3) is 0 Å². The highest BCUT2D eigenvalue weighted by atomic mass is 14.1. The van der Waals surface area contributed by atoms with Crippen molar-refractivity contribution in [2.75, 3.05) is 0 Å². The van der Waals surface area contributed by atoms with E-state index in [9.17, 15) is 0 Å². The van der Waals surface area contributed by atoms with Crippen molar-refractivity contribution >= 4 is 0 Å². The van der Waals surface area contributed by atoms with E-state index in [1.165, 1.54) is 16.7 Å². The molecule has 1 aromatic carbocycles. The fourth-order valence-corrected chi connectivity index (χ4v) is 1.54. The molecular formula is C13H18. The van der Waals surface area contributed by atoms with Gasteiger partial charge in [0.15, 0.2) is 0 Å². The molecule has 0 spiro atoms. The molecule has 1 atom stereocenters. The molecule has 0 saturated heterocycles. The molecule has 0 aromatic heterocycles. The summed E-state index contributed by atoms with van der Waals surface area (Å²) in [7, 11) is 0. The molecule has 1 unspecified atom stereocenters. The van der Waals surface area contributed by atoms with Crippen molar-refractivity contribution in [3.05, 3.63) is 47.5 Å². The summed E-state index contributed by atoms with van der Waals surface area (Å²) in [5.41, 5.74) is 4.21. The first-order chi connectivity index (χ1) is 6.19. The van der Waals surface area contributed by atoms with Crippen molar-refractivity contribution in [3.63, 3.8) is 0 Å². The van der Waals surface area contributed by atoms with Gasteiger partial charge < -0.3 is 0 Å². The maximum Gasteiger partial charge on any atom is -0.00130 e. The van der Waals surface area contributed by atoms with Crippen molar-refractivity contribution in [3.8, 4) is 0 Å². The minimum absolute atomic E-state index is 0.463.